The summed E-state index contributed by atoms with van der Waals surface area (Å²) in [6.07, 6.45) is 3.86. The predicted octanol–water partition coefficient (Wildman–Crippen LogP) is 5.91. The minimum atomic E-state index is -0.552. The Bertz CT molecular complexity index is 1210. The Morgan fingerprint density at radius 1 is 0.919 bits per heavy atom. The highest BCUT2D eigenvalue weighted by Crippen LogP contribution is 2.39. The van der Waals surface area contributed by atoms with Gasteiger partial charge in [0.25, 0.3) is 5.91 Å². The molecule has 8 heteroatoms. The molecular weight excluding hydrogens is 488 g/mol. The SMILES string of the molecule is Cl.NC1CC1c1ccc(NC(=O)c2ccc(N3CCCCC3)c(NC(=O)OCc3ccccc3)c2)cc1. The lowest BCUT2D eigenvalue weighted by Gasteiger charge is -2.30. The third-order valence-electron chi connectivity index (χ3n) is 6.84. The summed E-state index contributed by atoms with van der Waals surface area (Å²) in [7, 11) is 0. The number of ether oxygens (including phenoxy) is 1. The molecular formula is C29H33ClN4O3. The molecule has 1 saturated heterocycles. The zero-order chi connectivity index (χ0) is 24.9. The van der Waals surface area contributed by atoms with E-state index in [1.807, 2.05) is 60.7 Å². The van der Waals surface area contributed by atoms with Crippen molar-refractivity contribution in [2.45, 2.75) is 44.2 Å². The molecule has 0 spiro atoms. The van der Waals surface area contributed by atoms with Crippen LogP contribution in [0.15, 0.2) is 72.8 Å². The summed E-state index contributed by atoms with van der Waals surface area (Å²) in [5.41, 5.74) is 10.7. The number of hydrogen-bond donors (Lipinski definition) is 3. The molecule has 3 aromatic rings. The minimum Gasteiger partial charge on any atom is -0.444 e. The summed E-state index contributed by atoms with van der Waals surface area (Å²) in [5.74, 6) is 0.184. The quantitative estimate of drug-likeness (QED) is 0.359. The lowest BCUT2D eigenvalue weighted by atomic mass is 10.1. The number of rotatable bonds is 7. The van der Waals surface area contributed by atoms with Gasteiger partial charge in [0.05, 0.1) is 11.4 Å². The van der Waals surface area contributed by atoms with Gasteiger partial charge in [-0.15, -0.1) is 12.4 Å². The normalized spacial score (nSPS) is 18.4. The van der Waals surface area contributed by atoms with E-state index in [-0.39, 0.29) is 31.0 Å². The van der Waals surface area contributed by atoms with Crippen molar-refractivity contribution in [1.29, 1.82) is 0 Å². The van der Waals surface area contributed by atoms with Crippen LogP contribution in [-0.2, 0) is 11.3 Å². The van der Waals surface area contributed by atoms with E-state index in [0.717, 1.165) is 49.3 Å². The van der Waals surface area contributed by atoms with Crippen LogP contribution < -0.4 is 21.3 Å². The molecule has 1 aliphatic heterocycles. The first-order valence-corrected chi connectivity index (χ1v) is 12.6. The highest BCUT2D eigenvalue weighted by atomic mass is 35.5. The Labute approximate surface area is 223 Å². The van der Waals surface area contributed by atoms with E-state index in [0.29, 0.717) is 17.2 Å². The predicted molar refractivity (Wildman–Crippen MR) is 150 cm³/mol. The number of nitrogens with zero attached hydrogens (tertiary/aromatic N) is 1. The Balaban J connectivity index is 0.00000320. The van der Waals surface area contributed by atoms with Gasteiger partial charge in [-0.05, 0) is 67.1 Å². The van der Waals surface area contributed by atoms with E-state index in [9.17, 15) is 9.59 Å². The number of amides is 2. The van der Waals surface area contributed by atoms with Gasteiger partial charge in [-0.2, -0.15) is 0 Å². The van der Waals surface area contributed by atoms with E-state index >= 15 is 0 Å². The maximum Gasteiger partial charge on any atom is 0.412 e. The highest BCUT2D eigenvalue weighted by Gasteiger charge is 2.34. The number of hydrogen-bond acceptors (Lipinski definition) is 5. The number of anilines is 3. The van der Waals surface area contributed by atoms with Gasteiger partial charge in [0.2, 0.25) is 0 Å². The molecule has 5 rings (SSSR count). The van der Waals surface area contributed by atoms with Crippen LogP contribution in [0.1, 0.15) is 53.1 Å². The number of benzene rings is 3. The first-order chi connectivity index (χ1) is 17.6. The summed E-state index contributed by atoms with van der Waals surface area (Å²) in [6.45, 7) is 2.00. The third kappa shape index (κ3) is 6.81. The first-order valence-electron chi connectivity index (χ1n) is 12.6. The number of carbonyl (C=O) groups excluding carboxylic acids is 2. The van der Waals surface area contributed by atoms with Crippen LogP contribution in [-0.4, -0.2) is 31.1 Å². The van der Waals surface area contributed by atoms with Crippen LogP contribution in [0.3, 0.4) is 0 Å². The van der Waals surface area contributed by atoms with Gasteiger partial charge in [-0.25, -0.2) is 4.79 Å². The molecule has 2 aliphatic rings. The van der Waals surface area contributed by atoms with Gasteiger partial charge in [0.1, 0.15) is 6.61 Å². The van der Waals surface area contributed by atoms with Crippen molar-refractivity contribution in [1.82, 2.24) is 0 Å². The van der Waals surface area contributed by atoms with Crippen LogP contribution in [0.25, 0.3) is 0 Å². The second kappa shape index (κ2) is 12.1. The van der Waals surface area contributed by atoms with Crippen molar-refractivity contribution in [3.8, 4) is 0 Å². The molecule has 0 aromatic heterocycles. The summed E-state index contributed by atoms with van der Waals surface area (Å²) in [5, 5.41) is 5.83. The van der Waals surface area contributed by atoms with Crippen molar-refractivity contribution in [2.75, 3.05) is 28.6 Å². The lowest BCUT2D eigenvalue weighted by molar-refractivity contribution is 0.102. The van der Waals surface area contributed by atoms with E-state index in [2.05, 4.69) is 15.5 Å². The van der Waals surface area contributed by atoms with Crippen molar-refractivity contribution in [3.05, 3.63) is 89.5 Å². The summed E-state index contributed by atoms with van der Waals surface area (Å²) < 4.78 is 5.44. The average Bonchev–Trinajstić information content (AvgIpc) is 3.65. The molecule has 1 heterocycles. The third-order valence-corrected chi connectivity index (χ3v) is 6.84. The maximum atomic E-state index is 13.0. The summed E-state index contributed by atoms with van der Waals surface area (Å²) in [6, 6.07) is 23.1. The number of nitrogens with two attached hydrogens (primary N) is 1. The van der Waals surface area contributed by atoms with E-state index in [1.54, 1.807) is 12.1 Å². The molecule has 1 saturated carbocycles. The summed E-state index contributed by atoms with van der Waals surface area (Å²) >= 11 is 0. The zero-order valence-corrected chi connectivity index (χ0v) is 21.5. The van der Waals surface area contributed by atoms with E-state index in [4.69, 9.17) is 10.5 Å². The van der Waals surface area contributed by atoms with Crippen LogP contribution in [0.2, 0.25) is 0 Å². The van der Waals surface area contributed by atoms with Crippen molar-refractivity contribution in [2.24, 2.45) is 5.73 Å². The smallest absolute Gasteiger partial charge is 0.412 e. The molecule has 2 fully saturated rings. The fourth-order valence-electron chi connectivity index (χ4n) is 4.67. The first kappa shape index (κ1) is 26.5. The largest absolute Gasteiger partial charge is 0.444 e. The number of piperidine rings is 1. The van der Waals surface area contributed by atoms with E-state index in [1.165, 1.54) is 12.0 Å². The van der Waals surface area contributed by atoms with Crippen LogP contribution in [0, 0.1) is 0 Å². The number of carbonyl (C=O) groups is 2. The standard InChI is InChI=1S/C29H32N4O3.ClH/c30-25-18-24(25)21-9-12-23(13-10-21)31-28(34)22-11-14-27(33-15-5-2-6-16-33)26(17-22)32-29(35)36-19-20-7-3-1-4-8-20;/h1,3-4,7-14,17,24-25H,2,5-6,15-16,18-19,30H2,(H,31,34)(H,32,35);1H. The second-order valence-electron chi connectivity index (χ2n) is 9.55. The van der Waals surface area contributed by atoms with Gasteiger partial charge < -0.3 is 20.7 Å². The maximum absolute atomic E-state index is 13.0. The van der Waals surface area contributed by atoms with Gasteiger partial charge in [0, 0.05) is 36.3 Å². The topological polar surface area (TPSA) is 96.7 Å². The molecule has 194 valence electrons. The molecule has 2 amide bonds. The van der Waals surface area contributed by atoms with Crippen molar-refractivity contribution < 1.29 is 14.3 Å². The van der Waals surface area contributed by atoms with Crippen LogP contribution in [0.4, 0.5) is 21.9 Å². The number of halogens is 1. The fourth-order valence-corrected chi connectivity index (χ4v) is 4.67. The highest BCUT2D eigenvalue weighted by molar-refractivity contribution is 6.06. The lowest BCUT2D eigenvalue weighted by Crippen LogP contribution is -2.30. The number of nitrogens with one attached hydrogen (secondary N) is 2. The van der Waals surface area contributed by atoms with Crippen molar-refractivity contribution in [3.63, 3.8) is 0 Å². The zero-order valence-electron chi connectivity index (χ0n) is 20.7. The van der Waals surface area contributed by atoms with Crippen molar-refractivity contribution >= 4 is 41.5 Å². The molecule has 2 atom stereocenters. The average molecular weight is 521 g/mol. The summed E-state index contributed by atoms with van der Waals surface area (Å²) in [4.78, 5) is 27.9. The van der Waals surface area contributed by atoms with E-state index < -0.39 is 6.09 Å². The molecule has 37 heavy (non-hydrogen) atoms. The monoisotopic (exact) mass is 520 g/mol. The molecule has 0 radical (unpaired) electrons. The van der Waals surface area contributed by atoms with Gasteiger partial charge >= 0.3 is 6.09 Å². The Hall–Kier alpha value is -3.55. The Morgan fingerprint density at radius 3 is 2.30 bits per heavy atom. The molecule has 4 N–H and O–H groups in total. The molecule has 7 nitrogen and oxygen atoms in total. The van der Waals surface area contributed by atoms with Gasteiger partial charge in [0.15, 0.2) is 0 Å². The second-order valence-corrected chi connectivity index (χ2v) is 9.55. The fraction of sp³-hybridized carbons (Fsp3) is 0.310. The molecule has 1 aliphatic carbocycles. The minimum absolute atomic E-state index is 0. The van der Waals surface area contributed by atoms with Crippen LogP contribution in [0.5, 0.6) is 0 Å². The molecule has 3 aromatic carbocycles. The molecule has 0 bridgehead atoms. The van der Waals surface area contributed by atoms with Gasteiger partial charge in [-0.1, -0.05) is 42.5 Å². The Kier molecular flexibility index (Phi) is 8.69. The van der Waals surface area contributed by atoms with Crippen LogP contribution >= 0.6 is 12.4 Å². The molecule has 2 unspecified atom stereocenters. The Morgan fingerprint density at radius 2 is 1.62 bits per heavy atom. The van der Waals surface area contributed by atoms with Gasteiger partial charge in [-0.3, -0.25) is 10.1 Å².